The molecule has 0 N–H and O–H groups in total. The van der Waals surface area contributed by atoms with E-state index in [1.807, 2.05) is 0 Å². The molecule has 6 aromatic carbocycles. The maximum Gasteiger partial charge on any atom is 0.135 e. The molecule has 1 heterocycles. The van der Waals surface area contributed by atoms with Crippen molar-refractivity contribution in [3.05, 3.63) is 167 Å². The Hall–Kier alpha value is -5.61. The van der Waals surface area contributed by atoms with Gasteiger partial charge in [0.05, 0.1) is 25.3 Å². The molecule has 0 aromatic heterocycles. The van der Waals surface area contributed by atoms with Gasteiger partial charge in [0.15, 0.2) is 0 Å². The third-order valence-electron chi connectivity index (χ3n) is 8.53. The fourth-order valence-corrected chi connectivity index (χ4v) is 10.4. The summed E-state index contributed by atoms with van der Waals surface area (Å²) >= 11 is 0. The highest BCUT2D eigenvalue weighted by molar-refractivity contribution is 8.34. The lowest BCUT2D eigenvalue weighted by molar-refractivity contribution is 0.412. The summed E-state index contributed by atoms with van der Waals surface area (Å²) in [6.45, 7) is 4.17. The van der Waals surface area contributed by atoms with Crippen molar-refractivity contribution in [1.82, 2.24) is 0 Å². The van der Waals surface area contributed by atoms with Gasteiger partial charge >= 0.3 is 0 Å². The van der Waals surface area contributed by atoms with E-state index in [4.69, 9.17) is 9.47 Å². The number of rotatable bonds is 4. The lowest BCUT2D eigenvalue weighted by Crippen LogP contribution is -2.03. The highest BCUT2D eigenvalue weighted by Gasteiger charge is 2.43. The average molecular weight is 627 g/mol. The van der Waals surface area contributed by atoms with Crippen molar-refractivity contribution in [1.29, 1.82) is 0 Å². The van der Waals surface area contributed by atoms with Crippen molar-refractivity contribution in [3.63, 3.8) is 0 Å². The number of benzene rings is 6. The van der Waals surface area contributed by atoms with Crippen LogP contribution in [0.25, 0.3) is 11.1 Å². The van der Waals surface area contributed by atoms with E-state index in [1.165, 1.54) is 30.7 Å². The second kappa shape index (κ2) is 12.6. The lowest BCUT2D eigenvalue weighted by Gasteiger charge is -2.39. The maximum absolute atomic E-state index is 6.00. The highest BCUT2D eigenvalue weighted by Crippen LogP contribution is 2.80. The molecule has 0 atom stereocenters. The monoisotopic (exact) mass is 626 g/mol. The van der Waals surface area contributed by atoms with E-state index in [-0.39, 0.29) is 0 Å². The first-order valence-electron chi connectivity index (χ1n) is 15.6. The molecule has 0 spiro atoms. The van der Waals surface area contributed by atoms with E-state index < -0.39 is 10.0 Å². The van der Waals surface area contributed by atoms with Gasteiger partial charge in [-0.15, -0.1) is 10.0 Å². The normalized spacial score (nSPS) is 12.8. The third-order valence-corrected chi connectivity index (χ3v) is 12.5. The third kappa shape index (κ3) is 5.46. The molecule has 1 aliphatic rings. The minimum absolute atomic E-state index is 0.743. The van der Waals surface area contributed by atoms with Crippen LogP contribution in [0.15, 0.2) is 153 Å². The Labute approximate surface area is 279 Å². The lowest BCUT2D eigenvalue weighted by atomic mass is 10.0. The first-order valence-corrected chi connectivity index (χ1v) is 17.2. The van der Waals surface area contributed by atoms with Crippen LogP contribution in [-0.2, 0) is 0 Å². The van der Waals surface area contributed by atoms with E-state index in [0.717, 1.165) is 44.9 Å². The van der Waals surface area contributed by atoms with E-state index >= 15 is 0 Å². The zero-order chi connectivity index (χ0) is 32.4. The molecule has 1 aliphatic heterocycles. The second-order valence-corrected chi connectivity index (χ2v) is 14.6. The van der Waals surface area contributed by atoms with Crippen molar-refractivity contribution in [2.75, 3.05) is 14.2 Å². The summed E-state index contributed by atoms with van der Waals surface area (Å²) in [6, 6.07) is 47.2. The predicted octanol–water partition coefficient (Wildman–Crippen LogP) is 10.4. The summed E-state index contributed by atoms with van der Waals surface area (Å²) in [6.07, 6.45) is 0. The number of aryl methyl sites for hydroxylation is 2. The molecule has 0 saturated carbocycles. The van der Waals surface area contributed by atoms with Crippen molar-refractivity contribution in [2.45, 2.75) is 33.4 Å². The average Bonchev–Trinajstić information content (AvgIpc) is 3.39. The Kier molecular flexibility index (Phi) is 8.09. The summed E-state index contributed by atoms with van der Waals surface area (Å²) < 4.78 is 12.0. The molecule has 47 heavy (non-hydrogen) atoms. The molecule has 0 saturated heterocycles. The summed E-state index contributed by atoms with van der Waals surface area (Å²) in [7, 11) is 1.48. The van der Waals surface area contributed by atoms with Crippen LogP contribution in [0.4, 0.5) is 0 Å². The first-order chi connectivity index (χ1) is 23.0. The van der Waals surface area contributed by atoms with Crippen LogP contribution in [-0.4, -0.2) is 14.2 Å². The zero-order valence-corrected chi connectivity index (χ0v) is 27.7. The summed E-state index contributed by atoms with van der Waals surface area (Å²) in [4.78, 5) is 4.95. The van der Waals surface area contributed by atoms with Crippen LogP contribution >= 0.6 is 10.0 Å². The zero-order valence-electron chi connectivity index (χ0n) is 26.9. The fraction of sp³-hybridized carbons (Fsp3) is 0.0909. The van der Waals surface area contributed by atoms with Crippen molar-refractivity contribution >= 4 is 10.0 Å². The fourth-order valence-electron chi connectivity index (χ4n) is 6.15. The molecule has 228 valence electrons. The molecule has 0 radical (unpaired) electrons. The van der Waals surface area contributed by atoms with Crippen LogP contribution in [0.2, 0.25) is 0 Å². The second-order valence-electron chi connectivity index (χ2n) is 11.6. The molecule has 0 aliphatic carbocycles. The smallest absolute Gasteiger partial charge is 0.135 e. The van der Waals surface area contributed by atoms with Crippen LogP contribution in [0, 0.1) is 37.5 Å². The standard InChI is InChI=1S/C44H34O2S/c1-31-15-19-33(20-16-31)23-25-35-27-43-39(29-41(35)45-3)40-30-42(46-4)36(26-24-34-21-17-32(2)18-22-34)28-44(40)47(43,37-11-7-5-8-12-37)38-13-9-6-10-14-38/h5-22,27-30H,1-4H3. The predicted molar refractivity (Wildman–Crippen MR) is 193 cm³/mol. The number of hydrogen-bond acceptors (Lipinski definition) is 2. The van der Waals surface area contributed by atoms with Gasteiger partial charge in [-0.3, -0.25) is 0 Å². The topological polar surface area (TPSA) is 18.5 Å². The van der Waals surface area contributed by atoms with Crippen LogP contribution < -0.4 is 9.47 Å². The van der Waals surface area contributed by atoms with Crippen LogP contribution in [0.5, 0.6) is 11.5 Å². The minimum atomic E-state index is -1.96. The molecule has 7 rings (SSSR count). The van der Waals surface area contributed by atoms with E-state index in [0.29, 0.717) is 0 Å². The van der Waals surface area contributed by atoms with Crippen molar-refractivity contribution in [2.24, 2.45) is 0 Å². The van der Waals surface area contributed by atoms with E-state index in [9.17, 15) is 0 Å². The number of methoxy groups -OCH3 is 2. The van der Waals surface area contributed by atoms with Gasteiger partial charge in [0.2, 0.25) is 0 Å². The summed E-state index contributed by atoms with van der Waals surface area (Å²) in [5.41, 5.74) is 8.31. The molecular weight excluding hydrogens is 593 g/mol. The van der Waals surface area contributed by atoms with Gasteiger partial charge in [0, 0.05) is 30.7 Å². The molecule has 0 fully saturated rings. The molecule has 0 unspecified atom stereocenters. The van der Waals surface area contributed by atoms with E-state index in [1.54, 1.807) is 14.2 Å². The largest absolute Gasteiger partial charge is 0.495 e. The van der Waals surface area contributed by atoms with Crippen LogP contribution in [0.3, 0.4) is 0 Å². The van der Waals surface area contributed by atoms with Gasteiger partial charge < -0.3 is 9.47 Å². The first kappa shape index (κ1) is 30.1. The Balaban J connectivity index is 1.53. The van der Waals surface area contributed by atoms with Gasteiger partial charge in [-0.25, -0.2) is 0 Å². The highest BCUT2D eigenvalue weighted by atomic mass is 32.3. The quantitative estimate of drug-likeness (QED) is 0.181. The Morgan fingerprint density at radius 2 is 0.830 bits per heavy atom. The van der Waals surface area contributed by atoms with Gasteiger partial charge in [-0.1, -0.05) is 95.5 Å². The SMILES string of the molecule is COc1cc2c(cc1C#Cc1ccc(C)cc1)S(c1ccccc1)(c1ccccc1)c1cc(C#Cc3ccc(C)cc3)c(OC)cc1-2. The maximum atomic E-state index is 6.00. The number of fused-ring (bicyclic) bond motifs is 3. The summed E-state index contributed by atoms with van der Waals surface area (Å²) in [5, 5.41) is 0. The van der Waals surface area contributed by atoms with Crippen LogP contribution in [0.1, 0.15) is 33.4 Å². The van der Waals surface area contributed by atoms with Gasteiger partial charge in [0.25, 0.3) is 0 Å². The molecule has 0 bridgehead atoms. The van der Waals surface area contributed by atoms with E-state index in [2.05, 4.69) is 171 Å². The molecule has 3 heteroatoms. The molecule has 2 nitrogen and oxygen atoms in total. The summed E-state index contributed by atoms with van der Waals surface area (Å²) in [5.74, 6) is 15.2. The van der Waals surface area contributed by atoms with Gasteiger partial charge in [-0.05, 0) is 97.8 Å². The van der Waals surface area contributed by atoms with Gasteiger partial charge in [0.1, 0.15) is 11.5 Å². The molecule has 0 amide bonds. The van der Waals surface area contributed by atoms with Crippen molar-refractivity contribution in [3.8, 4) is 46.3 Å². The molecular formula is C44H34O2S. The Morgan fingerprint density at radius 3 is 1.19 bits per heavy atom. The number of hydrogen-bond donors (Lipinski definition) is 0. The number of ether oxygens (including phenoxy) is 2. The Morgan fingerprint density at radius 1 is 0.447 bits per heavy atom. The van der Waals surface area contributed by atoms with Crippen molar-refractivity contribution < 1.29 is 9.47 Å². The van der Waals surface area contributed by atoms with Gasteiger partial charge in [-0.2, -0.15) is 0 Å². The Bertz CT molecular complexity index is 2050. The molecule has 6 aromatic rings. The minimum Gasteiger partial charge on any atom is -0.495 e.